The average Bonchev–Trinajstić information content (AvgIpc) is 3.10. The van der Waals surface area contributed by atoms with Crippen molar-refractivity contribution in [1.29, 1.82) is 0 Å². The van der Waals surface area contributed by atoms with Crippen LogP contribution in [-0.2, 0) is 4.79 Å². The molecular formula is C23H25ClN2O2. The van der Waals surface area contributed by atoms with Crippen LogP contribution in [0.15, 0.2) is 42.5 Å². The third kappa shape index (κ3) is 4.02. The third-order valence-corrected chi connectivity index (χ3v) is 5.81. The van der Waals surface area contributed by atoms with E-state index < -0.39 is 0 Å². The predicted molar refractivity (Wildman–Crippen MR) is 113 cm³/mol. The number of halogens is 1. The van der Waals surface area contributed by atoms with Gasteiger partial charge in [0.15, 0.2) is 6.61 Å². The normalized spacial score (nSPS) is 15.2. The van der Waals surface area contributed by atoms with Gasteiger partial charge in [0.05, 0.1) is 0 Å². The smallest absolute Gasteiger partial charge is 0.260 e. The number of fused-ring (bicyclic) bond motifs is 1. The Morgan fingerprint density at radius 3 is 2.68 bits per heavy atom. The molecule has 2 aromatic carbocycles. The van der Waals surface area contributed by atoms with E-state index in [1.54, 1.807) is 0 Å². The summed E-state index contributed by atoms with van der Waals surface area (Å²) in [5.74, 6) is 1.28. The third-order valence-electron chi connectivity index (χ3n) is 5.57. The van der Waals surface area contributed by atoms with Gasteiger partial charge in [0.2, 0.25) is 0 Å². The van der Waals surface area contributed by atoms with Crippen LogP contribution in [0.5, 0.6) is 5.75 Å². The lowest BCUT2D eigenvalue weighted by Gasteiger charge is -2.31. The number of aryl methyl sites for hydroxylation is 2. The van der Waals surface area contributed by atoms with Crippen LogP contribution >= 0.6 is 11.6 Å². The Hall–Kier alpha value is -2.46. The molecule has 0 spiro atoms. The molecule has 1 aliphatic rings. The Bertz CT molecular complexity index is 1000. The average molecular weight is 397 g/mol. The van der Waals surface area contributed by atoms with Crippen LogP contribution < -0.4 is 4.74 Å². The van der Waals surface area contributed by atoms with Crippen LogP contribution in [0.4, 0.5) is 0 Å². The molecule has 1 aliphatic heterocycles. The summed E-state index contributed by atoms with van der Waals surface area (Å²) in [6.45, 7) is 5.67. The summed E-state index contributed by atoms with van der Waals surface area (Å²) in [6, 6.07) is 14.1. The molecule has 5 heteroatoms. The summed E-state index contributed by atoms with van der Waals surface area (Å²) in [5.41, 5.74) is 4.60. The number of benzene rings is 2. The fraction of sp³-hybridized carbons (Fsp3) is 0.348. The highest BCUT2D eigenvalue weighted by Crippen LogP contribution is 2.31. The van der Waals surface area contributed by atoms with Gasteiger partial charge in [0.1, 0.15) is 5.75 Å². The van der Waals surface area contributed by atoms with Gasteiger partial charge in [-0.25, -0.2) is 0 Å². The second-order valence-electron chi connectivity index (χ2n) is 7.67. The lowest BCUT2D eigenvalue weighted by Crippen LogP contribution is -2.40. The van der Waals surface area contributed by atoms with Crippen molar-refractivity contribution in [2.45, 2.75) is 32.6 Å². The Morgan fingerprint density at radius 2 is 1.93 bits per heavy atom. The van der Waals surface area contributed by atoms with Crippen molar-refractivity contribution in [3.63, 3.8) is 0 Å². The molecular weight excluding hydrogens is 372 g/mol. The largest absolute Gasteiger partial charge is 0.484 e. The van der Waals surface area contributed by atoms with E-state index in [0.29, 0.717) is 5.92 Å². The van der Waals surface area contributed by atoms with Crippen LogP contribution in [-0.4, -0.2) is 35.5 Å². The van der Waals surface area contributed by atoms with Gasteiger partial charge in [-0.3, -0.25) is 4.79 Å². The summed E-state index contributed by atoms with van der Waals surface area (Å²) < 4.78 is 5.76. The first kappa shape index (κ1) is 18.9. The Morgan fingerprint density at radius 1 is 1.14 bits per heavy atom. The van der Waals surface area contributed by atoms with E-state index in [1.807, 2.05) is 49.1 Å². The molecule has 28 heavy (non-hydrogen) atoms. The number of nitrogens with zero attached hydrogens (tertiary/aromatic N) is 1. The topological polar surface area (TPSA) is 45.3 Å². The van der Waals surface area contributed by atoms with Gasteiger partial charge in [-0.1, -0.05) is 29.3 Å². The number of H-pyrrole nitrogens is 1. The molecule has 3 aromatic rings. The zero-order valence-corrected chi connectivity index (χ0v) is 17.1. The van der Waals surface area contributed by atoms with Crippen LogP contribution in [0.1, 0.15) is 35.6 Å². The minimum absolute atomic E-state index is 0.0573. The molecule has 1 amide bonds. The zero-order chi connectivity index (χ0) is 19.7. The fourth-order valence-electron chi connectivity index (χ4n) is 3.98. The van der Waals surface area contributed by atoms with E-state index >= 15 is 0 Å². The van der Waals surface area contributed by atoms with Crippen molar-refractivity contribution in [1.82, 2.24) is 9.88 Å². The van der Waals surface area contributed by atoms with E-state index in [4.69, 9.17) is 16.3 Å². The second kappa shape index (κ2) is 7.88. The van der Waals surface area contributed by atoms with Crippen molar-refractivity contribution >= 4 is 28.4 Å². The highest BCUT2D eigenvalue weighted by atomic mass is 35.5. The molecule has 1 N–H and O–H groups in total. The highest BCUT2D eigenvalue weighted by molar-refractivity contribution is 6.31. The van der Waals surface area contributed by atoms with Gasteiger partial charge in [-0.05, 0) is 62.6 Å². The molecule has 0 atom stereocenters. The number of carbonyl (C=O) groups excluding carboxylic acids is 1. The maximum absolute atomic E-state index is 12.5. The standard InChI is InChI=1S/C23H25ClN2O2/c1-15-3-6-22(16(2)11-15)28-14-23(27)26-9-7-17(8-10-26)21-13-18-12-19(24)4-5-20(18)25-21/h3-6,11-13,17,25H,7-10,14H2,1-2H3. The molecule has 0 unspecified atom stereocenters. The van der Waals surface area contributed by atoms with E-state index in [1.165, 1.54) is 11.3 Å². The maximum Gasteiger partial charge on any atom is 0.260 e. The number of aromatic nitrogens is 1. The predicted octanol–water partition coefficient (Wildman–Crippen LogP) is 5.22. The first-order valence-electron chi connectivity index (χ1n) is 9.75. The minimum Gasteiger partial charge on any atom is -0.484 e. The first-order valence-corrected chi connectivity index (χ1v) is 10.1. The van der Waals surface area contributed by atoms with Crippen molar-refractivity contribution in [3.05, 3.63) is 64.3 Å². The van der Waals surface area contributed by atoms with E-state index in [9.17, 15) is 4.79 Å². The number of ether oxygens (including phenoxy) is 1. The number of hydrogen-bond donors (Lipinski definition) is 1. The molecule has 0 saturated carbocycles. The number of hydrogen-bond acceptors (Lipinski definition) is 2. The summed E-state index contributed by atoms with van der Waals surface area (Å²) >= 11 is 6.09. The number of rotatable bonds is 4. The van der Waals surface area contributed by atoms with Gasteiger partial charge in [0.25, 0.3) is 5.91 Å². The summed E-state index contributed by atoms with van der Waals surface area (Å²) in [7, 11) is 0. The highest BCUT2D eigenvalue weighted by Gasteiger charge is 2.25. The van der Waals surface area contributed by atoms with E-state index in [2.05, 4.69) is 17.1 Å². The minimum atomic E-state index is 0.0573. The maximum atomic E-state index is 12.5. The lowest BCUT2D eigenvalue weighted by molar-refractivity contribution is -0.134. The SMILES string of the molecule is Cc1ccc(OCC(=O)N2CCC(c3cc4cc(Cl)ccc4[nH]3)CC2)c(C)c1. The molecule has 1 aromatic heterocycles. The monoisotopic (exact) mass is 396 g/mol. The molecule has 0 radical (unpaired) electrons. The van der Waals surface area contributed by atoms with Crippen LogP contribution in [0.25, 0.3) is 10.9 Å². The van der Waals surface area contributed by atoms with Gasteiger partial charge >= 0.3 is 0 Å². The lowest BCUT2D eigenvalue weighted by atomic mass is 9.93. The number of amides is 1. The number of nitrogens with one attached hydrogen (secondary N) is 1. The van der Waals surface area contributed by atoms with Gasteiger partial charge < -0.3 is 14.6 Å². The summed E-state index contributed by atoms with van der Waals surface area (Å²) in [4.78, 5) is 18.0. The van der Waals surface area contributed by atoms with E-state index in [0.717, 1.165) is 53.2 Å². The molecule has 0 bridgehead atoms. The van der Waals surface area contributed by atoms with Crippen molar-refractivity contribution < 1.29 is 9.53 Å². The van der Waals surface area contributed by atoms with Crippen molar-refractivity contribution in [2.75, 3.05) is 19.7 Å². The Kier molecular flexibility index (Phi) is 5.31. The fourth-order valence-corrected chi connectivity index (χ4v) is 4.16. The molecule has 2 heterocycles. The van der Waals surface area contributed by atoms with Gasteiger partial charge in [0, 0.05) is 40.6 Å². The number of carbonyl (C=O) groups is 1. The first-order chi connectivity index (χ1) is 13.5. The molecule has 4 nitrogen and oxygen atoms in total. The summed E-state index contributed by atoms with van der Waals surface area (Å²) in [6.07, 6.45) is 1.91. The number of likely N-dealkylation sites (tertiary alicyclic amines) is 1. The van der Waals surface area contributed by atoms with Crippen LogP contribution in [0.2, 0.25) is 5.02 Å². The van der Waals surface area contributed by atoms with Crippen molar-refractivity contribution in [2.24, 2.45) is 0 Å². The van der Waals surface area contributed by atoms with Gasteiger partial charge in [-0.2, -0.15) is 0 Å². The van der Waals surface area contributed by atoms with Gasteiger partial charge in [-0.15, -0.1) is 0 Å². The zero-order valence-electron chi connectivity index (χ0n) is 16.3. The molecule has 0 aliphatic carbocycles. The molecule has 1 saturated heterocycles. The van der Waals surface area contributed by atoms with Crippen LogP contribution in [0, 0.1) is 13.8 Å². The number of piperidine rings is 1. The molecule has 146 valence electrons. The molecule has 1 fully saturated rings. The quantitative estimate of drug-likeness (QED) is 0.656. The van der Waals surface area contributed by atoms with E-state index in [-0.39, 0.29) is 12.5 Å². The Labute approximate surface area is 170 Å². The second-order valence-corrected chi connectivity index (χ2v) is 8.11. The summed E-state index contributed by atoms with van der Waals surface area (Å²) in [5, 5.41) is 1.89. The Balaban J connectivity index is 1.33. The van der Waals surface area contributed by atoms with Crippen molar-refractivity contribution in [3.8, 4) is 5.75 Å². The van der Waals surface area contributed by atoms with Crippen LogP contribution in [0.3, 0.4) is 0 Å². The number of aromatic amines is 1. The molecule has 4 rings (SSSR count).